The largest absolute Gasteiger partial charge is 0.477 e. The Kier molecular flexibility index (Phi) is 6.87. The second-order valence-electron chi connectivity index (χ2n) is 6.66. The predicted octanol–water partition coefficient (Wildman–Crippen LogP) is 0.865. The van der Waals surface area contributed by atoms with Gasteiger partial charge in [0.2, 0.25) is 0 Å². The molecule has 1 saturated heterocycles. The number of carbonyl (C=O) groups excluding carboxylic acids is 2. The SMILES string of the molecule is CO/N=C(\C(=O)N[C@@H]1C(=O)N2C(C(=O)O)=C(SCc3nc(C)ns3)CS[C@@H]12)c1csc(N)n1. The van der Waals surface area contributed by atoms with Crippen molar-refractivity contribution >= 4 is 75.0 Å². The van der Waals surface area contributed by atoms with E-state index in [-0.39, 0.29) is 22.2 Å². The maximum absolute atomic E-state index is 12.9. The van der Waals surface area contributed by atoms with Crippen LogP contribution in [0.5, 0.6) is 0 Å². The first-order valence-electron chi connectivity index (χ1n) is 9.26. The Hall–Kier alpha value is -2.69. The second kappa shape index (κ2) is 9.66. The lowest BCUT2D eigenvalue weighted by atomic mass is 10.0. The van der Waals surface area contributed by atoms with E-state index in [2.05, 4.69) is 24.8 Å². The van der Waals surface area contributed by atoms with Gasteiger partial charge in [-0.1, -0.05) is 5.16 Å². The fourth-order valence-electron chi connectivity index (χ4n) is 3.15. The molecule has 4 heterocycles. The van der Waals surface area contributed by atoms with Crippen molar-refractivity contribution < 1.29 is 24.3 Å². The lowest BCUT2D eigenvalue weighted by Crippen LogP contribution is -2.71. The number of hydrogen-bond donors (Lipinski definition) is 3. The molecule has 0 radical (unpaired) electrons. The Bertz CT molecular complexity index is 1180. The van der Waals surface area contributed by atoms with Crippen LogP contribution in [0.1, 0.15) is 16.5 Å². The second-order valence-corrected chi connectivity index (χ2v) is 10.6. The first-order valence-corrected chi connectivity index (χ1v) is 13.0. The third kappa shape index (κ3) is 4.68. The van der Waals surface area contributed by atoms with Gasteiger partial charge in [0, 0.05) is 16.0 Å². The minimum absolute atomic E-state index is 0.0708. The number of aliphatic carboxylic acids is 1. The molecule has 0 saturated carbocycles. The van der Waals surface area contributed by atoms with Crippen LogP contribution in [-0.2, 0) is 25.0 Å². The minimum Gasteiger partial charge on any atom is -0.477 e. The third-order valence-electron chi connectivity index (χ3n) is 4.52. The number of carbonyl (C=O) groups is 3. The van der Waals surface area contributed by atoms with E-state index >= 15 is 0 Å². The van der Waals surface area contributed by atoms with Gasteiger partial charge in [0.05, 0.1) is 5.75 Å². The topological polar surface area (TPSA) is 173 Å². The van der Waals surface area contributed by atoms with Crippen molar-refractivity contribution in [2.75, 3.05) is 18.6 Å². The number of nitrogens with one attached hydrogen (secondary N) is 1. The van der Waals surface area contributed by atoms with Crippen LogP contribution in [0.3, 0.4) is 0 Å². The highest BCUT2D eigenvalue weighted by Gasteiger charge is 2.54. The van der Waals surface area contributed by atoms with Crippen LogP contribution in [0.15, 0.2) is 21.1 Å². The van der Waals surface area contributed by atoms with Crippen molar-refractivity contribution in [3.05, 3.63) is 32.5 Å². The van der Waals surface area contributed by atoms with Crippen LogP contribution >= 0.6 is 46.4 Å². The van der Waals surface area contributed by atoms with E-state index in [1.54, 1.807) is 12.3 Å². The third-order valence-corrected chi connectivity index (χ3v) is 8.75. The molecule has 0 bridgehead atoms. The fourth-order valence-corrected chi connectivity index (χ4v) is 6.95. The van der Waals surface area contributed by atoms with Gasteiger partial charge in [0.25, 0.3) is 11.8 Å². The van der Waals surface area contributed by atoms with Gasteiger partial charge in [-0.05, 0) is 18.5 Å². The maximum atomic E-state index is 12.9. The summed E-state index contributed by atoms with van der Waals surface area (Å²) in [4.78, 5) is 52.4. The highest BCUT2D eigenvalue weighted by atomic mass is 32.2. The Labute approximate surface area is 203 Å². The van der Waals surface area contributed by atoms with E-state index < -0.39 is 29.2 Å². The summed E-state index contributed by atoms with van der Waals surface area (Å²) in [7, 11) is 1.28. The average Bonchev–Trinajstić information content (AvgIpc) is 3.40. The van der Waals surface area contributed by atoms with E-state index in [4.69, 9.17) is 10.6 Å². The number of amides is 2. The number of thiazole rings is 1. The number of aryl methyl sites for hydroxylation is 1. The minimum atomic E-state index is -1.20. The fraction of sp³-hybridized carbons (Fsp3) is 0.353. The average molecular weight is 528 g/mol. The lowest BCUT2D eigenvalue weighted by Gasteiger charge is -2.49. The molecule has 16 heteroatoms. The van der Waals surface area contributed by atoms with Crippen molar-refractivity contribution in [3.63, 3.8) is 0 Å². The Morgan fingerprint density at radius 1 is 1.45 bits per heavy atom. The van der Waals surface area contributed by atoms with Crippen LogP contribution in [0.2, 0.25) is 0 Å². The van der Waals surface area contributed by atoms with Gasteiger partial charge in [-0.2, -0.15) is 4.37 Å². The van der Waals surface area contributed by atoms with E-state index in [0.717, 1.165) is 16.3 Å². The molecule has 2 atom stereocenters. The molecule has 0 unspecified atom stereocenters. The van der Waals surface area contributed by atoms with Crippen molar-refractivity contribution in [1.29, 1.82) is 0 Å². The number of nitrogens with zero attached hydrogens (tertiary/aromatic N) is 5. The van der Waals surface area contributed by atoms with Gasteiger partial charge >= 0.3 is 5.97 Å². The van der Waals surface area contributed by atoms with Crippen LogP contribution in [-0.4, -0.2) is 72.1 Å². The van der Waals surface area contributed by atoms with Gasteiger partial charge in [-0.25, -0.2) is 14.8 Å². The normalized spacial score (nSPS) is 20.4. The molecular formula is C17H17N7O5S4. The Morgan fingerprint density at radius 2 is 2.24 bits per heavy atom. The summed E-state index contributed by atoms with van der Waals surface area (Å²) < 4.78 is 4.12. The number of hydrogen-bond acceptors (Lipinski definition) is 13. The number of anilines is 1. The first-order chi connectivity index (χ1) is 15.8. The van der Waals surface area contributed by atoms with Gasteiger partial charge in [-0.15, -0.1) is 34.9 Å². The quantitative estimate of drug-likeness (QED) is 0.252. The van der Waals surface area contributed by atoms with Gasteiger partial charge in [0.1, 0.15) is 40.7 Å². The molecule has 2 amide bonds. The molecule has 2 aliphatic rings. The number of rotatable bonds is 8. The number of fused-ring (bicyclic) bond motifs is 1. The molecule has 174 valence electrons. The van der Waals surface area contributed by atoms with Crippen molar-refractivity contribution in [2.24, 2.45) is 5.16 Å². The van der Waals surface area contributed by atoms with Crippen LogP contribution in [0, 0.1) is 6.92 Å². The van der Waals surface area contributed by atoms with Crippen LogP contribution < -0.4 is 11.1 Å². The summed E-state index contributed by atoms with van der Waals surface area (Å²) in [6, 6.07) is -0.910. The van der Waals surface area contributed by atoms with Crippen molar-refractivity contribution in [2.45, 2.75) is 24.1 Å². The lowest BCUT2D eigenvalue weighted by molar-refractivity contribution is -0.150. The summed E-state index contributed by atoms with van der Waals surface area (Å²) in [6.07, 6.45) is 0. The van der Waals surface area contributed by atoms with Crippen molar-refractivity contribution in [1.82, 2.24) is 24.6 Å². The zero-order valence-corrected chi connectivity index (χ0v) is 20.4. The van der Waals surface area contributed by atoms with Gasteiger partial charge in [0.15, 0.2) is 10.8 Å². The maximum Gasteiger partial charge on any atom is 0.353 e. The number of carboxylic acid groups (broad SMARTS) is 1. The molecule has 4 rings (SSSR count). The number of aromatic nitrogens is 3. The Morgan fingerprint density at radius 3 is 2.85 bits per heavy atom. The van der Waals surface area contributed by atoms with Crippen LogP contribution in [0.4, 0.5) is 5.13 Å². The molecular weight excluding hydrogens is 510 g/mol. The summed E-state index contributed by atoms with van der Waals surface area (Å²) in [5.74, 6) is -0.889. The van der Waals surface area contributed by atoms with E-state index in [1.807, 2.05) is 0 Å². The highest BCUT2D eigenvalue weighted by molar-refractivity contribution is 8.05. The standard InChI is InChI=1S/C17H17N7O5S4/c1-6-19-9(33-23-6)5-30-8-4-31-15-11(14(26)24(15)12(8)16(27)28)21-13(25)10(22-29-2)7-3-32-17(18)20-7/h3,11,15H,4-5H2,1-2H3,(H2,18,20)(H,21,25)(H,27,28)/b22-10-/t11-,15+/m1/s1. The molecule has 0 aliphatic carbocycles. The van der Waals surface area contributed by atoms with E-state index in [9.17, 15) is 19.5 Å². The molecule has 0 aromatic carbocycles. The summed E-state index contributed by atoms with van der Waals surface area (Å²) in [5.41, 5.74) is 5.64. The molecule has 1 fully saturated rings. The molecule has 2 aromatic heterocycles. The van der Waals surface area contributed by atoms with Gasteiger partial charge < -0.3 is 21.0 Å². The summed E-state index contributed by atoms with van der Waals surface area (Å²) in [5, 5.41) is 18.1. The number of β-lactam (4-membered cyclic amide) rings is 1. The number of oxime groups is 1. The number of carboxylic acids is 1. The molecule has 2 aromatic rings. The smallest absolute Gasteiger partial charge is 0.353 e. The first kappa shape index (κ1) is 23.5. The van der Waals surface area contributed by atoms with E-state index in [0.29, 0.717) is 22.2 Å². The zero-order valence-electron chi connectivity index (χ0n) is 17.2. The van der Waals surface area contributed by atoms with Crippen LogP contribution in [0.25, 0.3) is 0 Å². The predicted molar refractivity (Wildman–Crippen MR) is 126 cm³/mol. The summed E-state index contributed by atoms with van der Waals surface area (Å²) >= 11 is 5.08. The van der Waals surface area contributed by atoms with Gasteiger partial charge in [-0.3, -0.25) is 14.5 Å². The number of nitrogen functional groups attached to an aromatic ring is 1. The number of nitrogens with two attached hydrogens (primary N) is 1. The molecule has 2 aliphatic heterocycles. The summed E-state index contributed by atoms with van der Waals surface area (Å²) in [6.45, 7) is 1.78. The molecule has 12 nitrogen and oxygen atoms in total. The van der Waals surface area contributed by atoms with E-state index in [1.165, 1.54) is 47.1 Å². The monoisotopic (exact) mass is 527 g/mol. The molecule has 0 spiro atoms. The number of thioether (sulfide) groups is 2. The zero-order chi connectivity index (χ0) is 23.7. The Balaban J connectivity index is 1.49. The highest BCUT2D eigenvalue weighted by Crippen LogP contribution is 2.44. The molecule has 33 heavy (non-hydrogen) atoms. The molecule has 4 N–H and O–H groups in total. The van der Waals surface area contributed by atoms with Crippen molar-refractivity contribution in [3.8, 4) is 0 Å².